The van der Waals surface area contributed by atoms with Crippen LogP contribution in [0.25, 0.3) is 10.2 Å². The van der Waals surface area contributed by atoms with Crippen molar-refractivity contribution in [1.82, 2.24) is 14.5 Å². The third-order valence-corrected chi connectivity index (χ3v) is 6.91. The molecular weight excluding hydrogens is 509 g/mol. The number of amides is 1. The summed E-state index contributed by atoms with van der Waals surface area (Å²) in [4.78, 5) is 51.2. The standard InChI is InChI=1S/C25H21Cl2N3O4S/c26-18-5-1-16(2-6-18)9-12-28-22(32)10-13-29-24(33)23-20(11-14-35-23)30(25(29)34)15-21(31)17-3-7-19(27)8-4-17/h1-8,11,14H,9-10,12-13,15H2,(H,28,32). The van der Waals surface area contributed by atoms with Gasteiger partial charge in [-0.25, -0.2) is 4.79 Å². The van der Waals surface area contributed by atoms with E-state index in [0.29, 0.717) is 38.8 Å². The molecule has 0 aliphatic rings. The van der Waals surface area contributed by atoms with E-state index in [-0.39, 0.29) is 31.2 Å². The van der Waals surface area contributed by atoms with E-state index in [2.05, 4.69) is 5.32 Å². The molecule has 2 heterocycles. The highest BCUT2D eigenvalue weighted by molar-refractivity contribution is 7.17. The highest BCUT2D eigenvalue weighted by Crippen LogP contribution is 2.17. The van der Waals surface area contributed by atoms with Crippen LogP contribution in [0.5, 0.6) is 0 Å². The number of thiophene rings is 1. The van der Waals surface area contributed by atoms with Crippen LogP contribution < -0.4 is 16.6 Å². The van der Waals surface area contributed by atoms with Gasteiger partial charge >= 0.3 is 5.69 Å². The Balaban J connectivity index is 1.47. The van der Waals surface area contributed by atoms with E-state index in [4.69, 9.17) is 23.2 Å². The van der Waals surface area contributed by atoms with Crippen LogP contribution >= 0.6 is 34.5 Å². The van der Waals surface area contributed by atoms with Gasteiger partial charge in [0.1, 0.15) is 4.70 Å². The molecule has 2 aromatic heterocycles. The lowest BCUT2D eigenvalue weighted by Gasteiger charge is -2.12. The minimum absolute atomic E-state index is 0.0439. The number of nitrogens with one attached hydrogen (secondary N) is 1. The summed E-state index contributed by atoms with van der Waals surface area (Å²) in [5, 5.41) is 5.64. The third-order valence-electron chi connectivity index (χ3n) is 5.52. The number of carbonyl (C=O) groups excluding carboxylic acids is 2. The molecule has 4 aromatic rings. The lowest BCUT2D eigenvalue weighted by molar-refractivity contribution is -0.121. The first-order valence-electron chi connectivity index (χ1n) is 10.8. The number of halogens is 2. The fourth-order valence-electron chi connectivity index (χ4n) is 3.65. The van der Waals surface area contributed by atoms with Crippen molar-refractivity contribution < 1.29 is 9.59 Å². The zero-order valence-electron chi connectivity index (χ0n) is 18.5. The number of rotatable bonds is 9. The Hall–Kier alpha value is -3.20. The second-order valence-corrected chi connectivity index (χ2v) is 9.66. The van der Waals surface area contributed by atoms with E-state index in [0.717, 1.165) is 10.1 Å². The first-order valence-corrected chi connectivity index (χ1v) is 12.5. The number of aromatic nitrogens is 2. The van der Waals surface area contributed by atoms with Gasteiger partial charge in [-0.3, -0.25) is 23.5 Å². The number of carbonyl (C=O) groups is 2. The smallest absolute Gasteiger partial charge is 0.331 e. The number of nitrogens with zero attached hydrogens (tertiary/aromatic N) is 2. The van der Waals surface area contributed by atoms with E-state index in [1.54, 1.807) is 47.8 Å². The number of hydrogen-bond acceptors (Lipinski definition) is 5. The largest absolute Gasteiger partial charge is 0.356 e. The molecule has 0 saturated heterocycles. The predicted octanol–water partition coefficient (Wildman–Crippen LogP) is 4.16. The van der Waals surface area contributed by atoms with E-state index < -0.39 is 11.2 Å². The van der Waals surface area contributed by atoms with Crippen LogP contribution in [0, 0.1) is 0 Å². The Labute approximate surface area is 214 Å². The predicted molar refractivity (Wildman–Crippen MR) is 139 cm³/mol. The van der Waals surface area contributed by atoms with Crippen LogP contribution in [0.2, 0.25) is 10.0 Å². The van der Waals surface area contributed by atoms with Gasteiger partial charge in [0.15, 0.2) is 5.78 Å². The van der Waals surface area contributed by atoms with Gasteiger partial charge in [-0.15, -0.1) is 11.3 Å². The van der Waals surface area contributed by atoms with Gasteiger partial charge in [-0.1, -0.05) is 35.3 Å². The van der Waals surface area contributed by atoms with Crippen molar-refractivity contribution in [2.24, 2.45) is 0 Å². The molecule has 0 bridgehead atoms. The number of ketones is 1. The molecule has 0 aliphatic carbocycles. The quantitative estimate of drug-likeness (QED) is 0.329. The summed E-state index contributed by atoms with van der Waals surface area (Å²) in [6.45, 7) is 0.0911. The van der Waals surface area contributed by atoms with Gasteiger partial charge in [0.05, 0.1) is 12.1 Å². The highest BCUT2D eigenvalue weighted by atomic mass is 35.5. The van der Waals surface area contributed by atoms with Gasteiger partial charge in [-0.2, -0.15) is 0 Å². The summed E-state index contributed by atoms with van der Waals surface area (Å²) in [7, 11) is 0. The van der Waals surface area contributed by atoms with Crippen molar-refractivity contribution in [2.45, 2.75) is 25.9 Å². The fraction of sp³-hybridized carbons (Fsp3) is 0.200. The Morgan fingerprint density at radius 3 is 2.23 bits per heavy atom. The average molecular weight is 530 g/mol. The maximum absolute atomic E-state index is 13.2. The summed E-state index contributed by atoms with van der Waals surface area (Å²) in [5.74, 6) is -0.568. The summed E-state index contributed by atoms with van der Waals surface area (Å²) >= 11 is 13.0. The summed E-state index contributed by atoms with van der Waals surface area (Å²) in [5.41, 5.74) is 0.738. The summed E-state index contributed by atoms with van der Waals surface area (Å²) in [6.07, 6.45) is 0.585. The molecule has 35 heavy (non-hydrogen) atoms. The van der Waals surface area contributed by atoms with Gasteiger partial charge in [0.2, 0.25) is 5.91 Å². The lowest BCUT2D eigenvalue weighted by Crippen LogP contribution is -2.41. The van der Waals surface area contributed by atoms with Crippen molar-refractivity contribution in [2.75, 3.05) is 6.54 Å². The third kappa shape index (κ3) is 5.90. The van der Waals surface area contributed by atoms with Crippen LogP contribution in [0.4, 0.5) is 0 Å². The molecular formula is C25H21Cl2N3O4S. The topological polar surface area (TPSA) is 90.2 Å². The molecule has 4 rings (SSSR count). The van der Waals surface area contributed by atoms with E-state index in [1.165, 1.54) is 15.9 Å². The summed E-state index contributed by atoms with van der Waals surface area (Å²) in [6, 6.07) is 15.4. The Kier molecular flexibility index (Phi) is 7.85. The van der Waals surface area contributed by atoms with Gasteiger partial charge in [0.25, 0.3) is 5.56 Å². The normalized spacial score (nSPS) is 11.0. The Bertz CT molecular complexity index is 1490. The molecule has 7 nitrogen and oxygen atoms in total. The molecule has 0 spiro atoms. The number of hydrogen-bond donors (Lipinski definition) is 1. The van der Waals surface area contributed by atoms with Gasteiger partial charge in [-0.05, 0) is 59.8 Å². The SMILES string of the molecule is O=C(CCn1c(=O)c2sccc2n(CC(=O)c2ccc(Cl)cc2)c1=O)NCCc1ccc(Cl)cc1. The van der Waals surface area contributed by atoms with E-state index in [9.17, 15) is 19.2 Å². The molecule has 180 valence electrons. The van der Waals surface area contributed by atoms with Crippen molar-refractivity contribution in [3.05, 3.63) is 102 Å². The Morgan fingerprint density at radius 2 is 1.54 bits per heavy atom. The average Bonchev–Trinajstić information content (AvgIpc) is 3.33. The van der Waals surface area contributed by atoms with Crippen LogP contribution in [0.15, 0.2) is 69.6 Å². The number of Topliss-reactive ketones (excluding diaryl/α,β-unsaturated/α-hetero) is 1. The van der Waals surface area contributed by atoms with Crippen molar-refractivity contribution in [3.63, 3.8) is 0 Å². The number of fused-ring (bicyclic) bond motifs is 1. The minimum atomic E-state index is -0.628. The zero-order valence-corrected chi connectivity index (χ0v) is 20.8. The van der Waals surface area contributed by atoms with Crippen LogP contribution in [0.3, 0.4) is 0 Å². The molecule has 0 atom stereocenters. The van der Waals surface area contributed by atoms with Gasteiger partial charge < -0.3 is 5.32 Å². The first-order chi connectivity index (χ1) is 16.8. The monoisotopic (exact) mass is 529 g/mol. The lowest BCUT2D eigenvalue weighted by atomic mass is 10.1. The van der Waals surface area contributed by atoms with E-state index >= 15 is 0 Å². The van der Waals surface area contributed by atoms with Crippen molar-refractivity contribution in [1.29, 1.82) is 0 Å². The Morgan fingerprint density at radius 1 is 0.886 bits per heavy atom. The molecule has 0 aliphatic heterocycles. The first kappa shape index (κ1) is 24.9. The van der Waals surface area contributed by atoms with Crippen LogP contribution in [-0.2, 0) is 24.3 Å². The van der Waals surface area contributed by atoms with Crippen molar-refractivity contribution >= 4 is 56.4 Å². The molecule has 0 radical (unpaired) electrons. The van der Waals surface area contributed by atoms with Crippen molar-refractivity contribution in [3.8, 4) is 0 Å². The van der Waals surface area contributed by atoms with E-state index in [1.807, 2.05) is 12.1 Å². The summed E-state index contributed by atoms with van der Waals surface area (Å²) < 4.78 is 2.66. The molecule has 0 fully saturated rings. The maximum atomic E-state index is 13.2. The molecule has 1 N–H and O–H groups in total. The maximum Gasteiger partial charge on any atom is 0.331 e. The minimum Gasteiger partial charge on any atom is -0.356 e. The molecule has 0 unspecified atom stereocenters. The van der Waals surface area contributed by atoms with Gasteiger partial charge in [0, 0.05) is 35.1 Å². The second kappa shape index (κ2) is 11.0. The number of benzene rings is 2. The highest BCUT2D eigenvalue weighted by Gasteiger charge is 2.18. The molecule has 10 heteroatoms. The zero-order chi connectivity index (χ0) is 24.9. The fourth-order valence-corrected chi connectivity index (χ4v) is 4.75. The molecule has 0 saturated carbocycles. The second-order valence-electron chi connectivity index (χ2n) is 7.87. The van der Waals surface area contributed by atoms with Crippen LogP contribution in [-0.4, -0.2) is 27.4 Å². The molecule has 2 aromatic carbocycles. The van der Waals surface area contributed by atoms with Crippen LogP contribution in [0.1, 0.15) is 22.3 Å². The molecule has 1 amide bonds.